The fourth-order valence-corrected chi connectivity index (χ4v) is 3.31. The minimum absolute atomic E-state index is 0.0327. The lowest BCUT2D eigenvalue weighted by Crippen LogP contribution is -2.36. The molecule has 2 aromatic rings. The first-order valence-electron chi connectivity index (χ1n) is 8.62. The van der Waals surface area contributed by atoms with Crippen molar-refractivity contribution in [3.8, 4) is 11.1 Å². The molecule has 0 amide bonds. The van der Waals surface area contributed by atoms with Gasteiger partial charge in [-0.2, -0.15) is 5.10 Å². The van der Waals surface area contributed by atoms with Crippen molar-refractivity contribution in [3.05, 3.63) is 48.2 Å². The monoisotopic (exact) mass is 364 g/mol. The molecular weight excluding hydrogens is 341 g/mol. The molecule has 1 aromatic heterocycles. The number of aromatic nitrogens is 2. The minimum Gasteiger partial charge on any atom is -0.396 e. The van der Waals surface area contributed by atoms with E-state index in [1.165, 1.54) is 6.07 Å². The first-order valence-corrected chi connectivity index (χ1v) is 8.62. The molecule has 1 heterocycles. The molecule has 0 saturated heterocycles. The zero-order valence-corrected chi connectivity index (χ0v) is 14.7. The minimum atomic E-state index is -2.56. The number of nitrogens with one attached hydrogen (secondary N) is 1. The third-order valence-corrected chi connectivity index (χ3v) is 4.78. The van der Waals surface area contributed by atoms with Crippen LogP contribution in [0.5, 0.6) is 0 Å². The Kier molecular flexibility index (Phi) is 4.98. The predicted octanol–water partition coefficient (Wildman–Crippen LogP) is 4.03. The standard InChI is InChI=1S/C19H23F3N4/c1-12(25-16-3-5-19(21,22)6-4-16)7-14-8-13(9-17(20)18(14)23)15-10-24-26(2)11-15/h8-11,16,25H,1,3-7,23H2,2H3. The van der Waals surface area contributed by atoms with E-state index in [1.54, 1.807) is 24.1 Å². The highest BCUT2D eigenvalue weighted by Crippen LogP contribution is 2.33. The molecule has 1 aromatic carbocycles. The molecule has 0 aliphatic heterocycles. The number of nitrogens with zero attached hydrogens (tertiary/aromatic N) is 2. The van der Waals surface area contributed by atoms with Crippen molar-refractivity contribution in [2.75, 3.05) is 5.73 Å². The van der Waals surface area contributed by atoms with Crippen LogP contribution in [0.2, 0.25) is 0 Å². The normalized spacial score (nSPS) is 17.2. The first-order chi connectivity index (χ1) is 12.2. The van der Waals surface area contributed by atoms with Gasteiger partial charge in [0.15, 0.2) is 0 Å². The fourth-order valence-electron chi connectivity index (χ4n) is 3.31. The molecule has 26 heavy (non-hydrogen) atoms. The summed E-state index contributed by atoms with van der Waals surface area (Å²) in [6.07, 6.45) is 4.34. The third kappa shape index (κ3) is 4.20. The molecule has 0 atom stereocenters. The lowest BCUT2D eigenvalue weighted by Gasteiger charge is -2.30. The highest BCUT2D eigenvalue weighted by molar-refractivity contribution is 5.67. The van der Waals surface area contributed by atoms with Crippen molar-refractivity contribution >= 4 is 5.69 Å². The number of alkyl halides is 2. The van der Waals surface area contributed by atoms with Crippen LogP contribution in [0.3, 0.4) is 0 Å². The second kappa shape index (κ2) is 7.05. The van der Waals surface area contributed by atoms with Crippen LogP contribution in [0.25, 0.3) is 11.1 Å². The summed E-state index contributed by atoms with van der Waals surface area (Å²) >= 11 is 0. The van der Waals surface area contributed by atoms with Gasteiger partial charge in [0.25, 0.3) is 0 Å². The van der Waals surface area contributed by atoms with Crippen molar-refractivity contribution in [3.63, 3.8) is 0 Å². The summed E-state index contributed by atoms with van der Waals surface area (Å²) in [5, 5.41) is 7.29. The Morgan fingerprint density at radius 1 is 1.35 bits per heavy atom. The van der Waals surface area contributed by atoms with Crippen molar-refractivity contribution in [1.29, 1.82) is 0 Å². The summed E-state index contributed by atoms with van der Waals surface area (Å²) in [6.45, 7) is 3.96. The summed E-state index contributed by atoms with van der Waals surface area (Å²) in [6, 6.07) is 3.17. The second-order valence-electron chi connectivity index (χ2n) is 6.99. The topological polar surface area (TPSA) is 55.9 Å². The number of nitrogen functional groups attached to an aromatic ring is 1. The summed E-state index contributed by atoms with van der Waals surface area (Å²) in [4.78, 5) is 0. The Labute approximate surface area is 150 Å². The van der Waals surface area contributed by atoms with Crippen molar-refractivity contribution in [2.24, 2.45) is 7.05 Å². The maximum Gasteiger partial charge on any atom is 0.248 e. The molecule has 4 nitrogen and oxygen atoms in total. The van der Waals surface area contributed by atoms with Crippen LogP contribution in [0.15, 0.2) is 36.8 Å². The molecule has 140 valence electrons. The van der Waals surface area contributed by atoms with Gasteiger partial charge >= 0.3 is 0 Å². The Hall–Kier alpha value is -2.44. The summed E-state index contributed by atoms with van der Waals surface area (Å²) in [5.74, 6) is -3.06. The zero-order chi connectivity index (χ0) is 18.9. The second-order valence-corrected chi connectivity index (χ2v) is 6.99. The molecule has 0 bridgehead atoms. The Bertz CT molecular complexity index is 803. The number of hydrogen-bond acceptors (Lipinski definition) is 3. The number of allylic oxidation sites excluding steroid dienone is 1. The van der Waals surface area contributed by atoms with Gasteiger partial charge in [0.1, 0.15) is 5.82 Å². The van der Waals surface area contributed by atoms with E-state index < -0.39 is 11.7 Å². The van der Waals surface area contributed by atoms with Gasteiger partial charge in [0.05, 0.1) is 11.9 Å². The summed E-state index contributed by atoms with van der Waals surface area (Å²) in [5.41, 5.74) is 8.71. The van der Waals surface area contributed by atoms with E-state index in [-0.39, 0.29) is 24.6 Å². The van der Waals surface area contributed by atoms with Gasteiger partial charge in [0, 0.05) is 49.8 Å². The quantitative estimate of drug-likeness (QED) is 0.788. The third-order valence-electron chi connectivity index (χ3n) is 4.78. The van der Waals surface area contributed by atoms with Gasteiger partial charge in [-0.1, -0.05) is 6.58 Å². The smallest absolute Gasteiger partial charge is 0.248 e. The molecule has 0 radical (unpaired) electrons. The van der Waals surface area contributed by atoms with Gasteiger partial charge in [-0.05, 0) is 36.1 Å². The first kappa shape index (κ1) is 18.4. The van der Waals surface area contributed by atoms with Crippen molar-refractivity contribution < 1.29 is 13.2 Å². The highest BCUT2D eigenvalue weighted by Gasteiger charge is 2.34. The van der Waals surface area contributed by atoms with Gasteiger partial charge in [-0.3, -0.25) is 4.68 Å². The highest BCUT2D eigenvalue weighted by atomic mass is 19.3. The van der Waals surface area contributed by atoms with Crippen LogP contribution in [0, 0.1) is 5.82 Å². The molecule has 3 N–H and O–H groups in total. The van der Waals surface area contributed by atoms with Crippen LogP contribution in [-0.2, 0) is 13.5 Å². The van der Waals surface area contributed by atoms with Gasteiger partial charge < -0.3 is 11.1 Å². The maximum atomic E-state index is 14.2. The number of rotatable bonds is 5. The molecule has 1 aliphatic carbocycles. The molecular formula is C19H23F3N4. The number of hydrogen-bond donors (Lipinski definition) is 2. The van der Waals surface area contributed by atoms with Crippen LogP contribution in [0.1, 0.15) is 31.2 Å². The van der Waals surface area contributed by atoms with E-state index in [9.17, 15) is 13.2 Å². The molecule has 3 rings (SSSR count). The number of aryl methyl sites for hydroxylation is 1. The van der Waals surface area contributed by atoms with Crippen LogP contribution < -0.4 is 11.1 Å². The Balaban J connectivity index is 1.71. The van der Waals surface area contributed by atoms with Crippen molar-refractivity contribution in [2.45, 2.75) is 44.1 Å². The molecule has 0 spiro atoms. The Morgan fingerprint density at radius 2 is 2.04 bits per heavy atom. The average Bonchev–Trinajstić information content (AvgIpc) is 3.00. The molecule has 1 saturated carbocycles. The number of benzene rings is 1. The maximum absolute atomic E-state index is 14.2. The largest absolute Gasteiger partial charge is 0.396 e. The molecule has 7 heteroatoms. The lowest BCUT2D eigenvalue weighted by molar-refractivity contribution is -0.0397. The average molecular weight is 364 g/mol. The van der Waals surface area contributed by atoms with E-state index in [0.717, 1.165) is 5.56 Å². The van der Waals surface area contributed by atoms with Crippen LogP contribution in [-0.4, -0.2) is 21.7 Å². The van der Waals surface area contributed by atoms with Gasteiger partial charge in [-0.15, -0.1) is 0 Å². The number of halogens is 3. The SMILES string of the molecule is C=C(Cc1cc(-c2cnn(C)c2)cc(F)c1N)NC1CCC(F)(F)CC1. The Morgan fingerprint density at radius 3 is 2.65 bits per heavy atom. The summed E-state index contributed by atoms with van der Waals surface area (Å²) in [7, 11) is 1.79. The molecule has 1 aliphatic rings. The summed E-state index contributed by atoms with van der Waals surface area (Å²) < 4.78 is 42.4. The van der Waals surface area contributed by atoms with Gasteiger partial charge in [-0.25, -0.2) is 13.2 Å². The van der Waals surface area contributed by atoms with Crippen LogP contribution in [0.4, 0.5) is 18.9 Å². The van der Waals surface area contributed by atoms with E-state index in [0.29, 0.717) is 36.1 Å². The number of anilines is 1. The van der Waals surface area contributed by atoms with Crippen LogP contribution >= 0.6 is 0 Å². The molecule has 0 unspecified atom stereocenters. The lowest BCUT2D eigenvalue weighted by atomic mass is 9.92. The zero-order valence-electron chi connectivity index (χ0n) is 14.7. The molecule has 1 fully saturated rings. The van der Waals surface area contributed by atoms with E-state index in [2.05, 4.69) is 17.0 Å². The van der Waals surface area contributed by atoms with Gasteiger partial charge in [0.2, 0.25) is 5.92 Å². The number of nitrogens with two attached hydrogens (primary N) is 1. The van der Waals surface area contributed by atoms with E-state index >= 15 is 0 Å². The fraction of sp³-hybridized carbons (Fsp3) is 0.421. The van der Waals surface area contributed by atoms with E-state index in [4.69, 9.17) is 5.73 Å². The van der Waals surface area contributed by atoms with Crippen molar-refractivity contribution in [1.82, 2.24) is 15.1 Å². The predicted molar refractivity (Wildman–Crippen MR) is 96.2 cm³/mol. The van der Waals surface area contributed by atoms with E-state index in [1.807, 2.05) is 6.07 Å².